The molecule has 41 heavy (non-hydrogen) atoms. The highest BCUT2D eigenvalue weighted by Gasteiger charge is 2.45. The number of hydrogen-bond acceptors (Lipinski definition) is 8. The van der Waals surface area contributed by atoms with E-state index in [9.17, 15) is 30.9 Å². The van der Waals surface area contributed by atoms with Gasteiger partial charge in [-0.25, -0.2) is 21.7 Å². The van der Waals surface area contributed by atoms with E-state index in [2.05, 4.69) is 13.8 Å². The van der Waals surface area contributed by atoms with Gasteiger partial charge in [0, 0.05) is 20.1 Å². The van der Waals surface area contributed by atoms with Gasteiger partial charge < -0.3 is 19.5 Å². The SMILES string of the molecule is CN=S(=O)(NC1CN(S(C)(=O)=O)CC(N2c3ccccc3Oc3ccccc32)C1O)c1ccc(OC(F)(F)F)cc1. The maximum Gasteiger partial charge on any atom is 0.573 e. The van der Waals surface area contributed by atoms with E-state index >= 15 is 0 Å². The molecule has 0 aromatic heterocycles. The Morgan fingerprint density at radius 1 is 0.951 bits per heavy atom. The number of aliphatic hydroxyl groups excluding tert-OH is 1. The fraction of sp³-hybridized carbons (Fsp3) is 0.308. The van der Waals surface area contributed by atoms with E-state index in [1.165, 1.54) is 23.5 Å². The van der Waals surface area contributed by atoms with Gasteiger partial charge in [0.25, 0.3) is 0 Å². The number of fused-ring (bicyclic) bond motifs is 2. The van der Waals surface area contributed by atoms with Crippen LogP contribution in [0.2, 0.25) is 0 Å². The van der Waals surface area contributed by atoms with Gasteiger partial charge >= 0.3 is 6.36 Å². The first kappa shape index (κ1) is 29.1. The van der Waals surface area contributed by atoms with Gasteiger partial charge in [-0.15, -0.1) is 13.2 Å². The van der Waals surface area contributed by atoms with E-state index in [1.807, 2.05) is 0 Å². The van der Waals surface area contributed by atoms with Crippen LogP contribution in [0.25, 0.3) is 0 Å². The van der Waals surface area contributed by atoms with Gasteiger partial charge in [0.15, 0.2) is 11.5 Å². The monoisotopic (exact) mass is 612 g/mol. The minimum atomic E-state index is -4.90. The van der Waals surface area contributed by atoms with E-state index in [0.29, 0.717) is 22.9 Å². The van der Waals surface area contributed by atoms with Crippen LogP contribution < -0.4 is 19.1 Å². The first-order valence-electron chi connectivity index (χ1n) is 12.4. The van der Waals surface area contributed by atoms with Gasteiger partial charge in [-0.2, -0.15) is 4.31 Å². The molecule has 5 rings (SSSR count). The van der Waals surface area contributed by atoms with Crippen molar-refractivity contribution in [1.82, 2.24) is 9.03 Å². The molecule has 4 atom stereocenters. The largest absolute Gasteiger partial charge is 0.573 e. The number of nitrogens with zero attached hydrogens (tertiary/aromatic N) is 3. The first-order chi connectivity index (χ1) is 19.3. The molecule has 0 amide bonds. The maximum atomic E-state index is 13.9. The van der Waals surface area contributed by atoms with Crippen LogP contribution in [-0.4, -0.2) is 73.0 Å². The smallest absolute Gasteiger partial charge is 0.453 e. The van der Waals surface area contributed by atoms with Crippen LogP contribution in [0.3, 0.4) is 0 Å². The zero-order valence-corrected chi connectivity index (χ0v) is 23.5. The number of piperidine rings is 1. The molecule has 2 aliphatic rings. The van der Waals surface area contributed by atoms with Gasteiger partial charge in [0.1, 0.15) is 15.7 Å². The second-order valence-electron chi connectivity index (χ2n) is 9.50. The fourth-order valence-corrected chi connectivity index (χ4v) is 7.38. The molecule has 1 saturated heterocycles. The normalized spacial score (nSPS) is 22.6. The minimum Gasteiger partial charge on any atom is -0.453 e. The topological polar surface area (TPSA) is 121 Å². The van der Waals surface area contributed by atoms with Gasteiger partial charge in [-0.3, -0.25) is 0 Å². The molecule has 2 aliphatic heterocycles. The minimum absolute atomic E-state index is 0.0248. The average molecular weight is 613 g/mol. The summed E-state index contributed by atoms with van der Waals surface area (Å²) in [4.78, 5) is 1.83. The molecular formula is C26H27F3N4O6S2. The van der Waals surface area contributed by atoms with Crippen molar-refractivity contribution in [1.29, 1.82) is 0 Å². The molecule has 0 saturated carbocycles. The molecule has 10 nitrogen and oxygen atoms in total. The molecule has 0 bridgehead atoms. The second kappa shape index (κ2) is 10.8. The number of sulfonamides is 1. The van der Waals surface area contributed by atoms with E-state index in [1.54, 1.807) is 53.4 Å². The van der Waals surface area contributed by atoms with Gasteiger partial charge in [0.05, 0.1) is 40.7 Å². The number of alkyl halides is 3. The van der Waals surface area contributed by atoms with E-state index in [4.69, 9.17) is 4.74 Å². The molecular weight excluding hydrogens is 585 g/mol. The van der Waals surface area contributed by atoms with Gasteiger partial charge in [0.2, 0.25) is 10.0 Å². The first-order valence-corrected chi connectivity index (χ1v) is 15.7. The van der Waals surface area contributed by atoms with Crippen molar-refractivity contribution < 1.29 is 40.4 Å². The Morgan fingerprint density at radius 2 is 1.51 bits per heavy atom. The summed E-state index contributed by atoms with van der Waals surface area (Å²) in [7, 11) is -6.05. The van der Waals surface area contributed by atoms with Crippen molar-refractivity contribution in [3.8, 4) is 17.2 Å². The number of anilines is 2. The third-order valence-corrected chi connectivity index (χ3v) is 10.1. The van der Waals surface area contributed by atoms with Crippen LogP contribution in [0.1, 0.15) is 0 Å². The predicted molar refractivity (Wildman–Crippen MR) is 146 cm³/mol. The Morgan fingerprint density at radius 3 is 2.02 bits per heavy atom. The molecule has 0 aliphatic carbocycles. The Hall–Kier alpha value is -3.37. The third-order valence-electron chi connectivity index (χ3n) is 6.81. The highest BCUT2D eigenvalue weighted by Crippen LogP contribution is 2.48. The number of para-hydroxylation sites is 4. The summed E-state index contributed by atoms with van der Waals surface area (Å²) < 4.78 is 95.2. The number of nitrogens with one attached hydrogen (secondary N) is 1. The number of ether oxygens (including phenoxy) is 2. The molecule has 0 radical (unpaired) electrons. The zero-order valence-electron chi connectivity index (χ0n) is 21.9. The number of benzene rings is 3. The van der Waals surface area contributed by atoms with E-state index in [-0.39, 0.29) is 18.0 Å². The lowest BCUT2D eigenvalue weighted by atomic mass is 9.96. The highest BCUT2D eigenvalue weighted by atomic mass is 32.2. The molecule has 4 unspecified atom stereocenters. The molecule has 3 aromatic rings. The van der Waals surface area contributed by atoms with Crippen molar-refractivity contribution in [3.63, 3.8) is 0 Å². The summed E-state index contributed by atoms with van der Waals surface area (Å²) in [6.07, 6.45) is -5.13. The predicted octanol–water partition coefficient (Wildman–Crippen LogP) is 3.86. The van der Waals surface area contributed by atoms with Gasteiger partial charge in [-0.1, -0.05) is 24.3 Å². The molecule has 0 spiro atoms. The summed E-state index contributed by atoms with van der Waals surface area (Å²) in [6, 6.07) is 16.6. The van der Waals surface area contributed by atoms with Crippen molar-refractivity contribution >= 4 is 31.3 Å². The maximum absolute atomic E-state index is 13.9. The zero-order chi connectivity index (χ0) is 29.6. The van der Waals surface area contributed by atoms with Crippen molar-refractivity contribution in [3.05, 3.63) is 72.8 Å². The Labute approximate surface area is 235 Å². The van der Waals surface area contributed by atoms with Crippen molar-refractivity contribution in [2.75, 3.05) is 31.3 Å². The Bertz CT molecular complexity index is 1610. The second-order valence-corrected chi connectivity index (χ2v) is 13.6. The van der Waals surface area contributed by atoms with Crippen LogP contribution in [0.15, 0.2) is 82.1 Å². The van der Waals surface area contributed by atoms with Crippen LogP contribution in [0.5, 0.6) is 17.2 Å². The number of aliphatic hydroxyl groups is 1. The summed E-state index contributed by atoms with van der Waals surface area (Å²) in [5.74, 6) is 0.505. The lowest BCUT2D eigenvalue weighted by Gasteiger charge is -2.47. The summed E-state index contributed by atoms with van der Waals surface area (Å²) in [6.45, 7) is -0.319. The van der Waals surface area contributed by atoms with Crippen molar-refractivity contribution in [2.24, 2.45) is 4.36 Å². The van der Waals surface area contributed by atoms with Gasteiger partial charge in [-0.05, 0) is 48.5 Å². The van der Waals surface area contributed by atoms with Crippen LogP contribution in [0.4, 0.5) is 24.5 Å². The molecule has 2 heterocycles. The lowest BCUT2D eigenvalue weighted by molar-refractivity contribution is -0.274. The standard InChI is InChI=1S/C26H27F3N4O6S2/c1-30-41(37,18-13-11-17(12-14-18)39-26(27,28)29)31-19-15-32(40(2,35)36)16-22(25(19)34)33-20-7-3-5-9-23(20)38-24-10-6-4-8-21(24)33/h3-14,19,22,25,34H,15-16H2,1-2H3,(H,30,31,37). The van der Waals surface area contributed by atoms with E-state index in [0.717, 1.165) is 18.4 Å². The van der Waals surface area contributed by atoms with Crippen LogP contribution >= 0.6 is 0 Å². The molecule has 220 valence electrons. The Balaban J connectivity index is 1.52. The molecule has 2 N–H and O–H groups in total. The Kier molecular flexibility index (Phi) is 7.67. The molecule has 3 aromatic carbocycles. The lowest BCUT2D eigenvalue weighted by Crippen LogP contribution is -2.65. The number of halogens is 3. The highest BCUT2D eigenvalue weighted by molar-refractivity contribution is 7.91. The molecule has 15 heteroatoms. The average Bonchev–Trinajstić information content (AvgIpc) is 2.92. The van der Waals surface area contributed by atoms with Crippen LogP contribution in [-0.2, 0) is 19.9 Å². The summed E-state index contributed by atoms with van der Waals surface area (Å²) in [5.41, 5.74) is 1.20. The quantitative estimate of drug-likeness (QED) is 0.434. The molecule has 1 fully saturated rings. The summed E-state index contributed by atoms with van der Waals surface area (Å²) >= 11 is 0. The number of rotatable bonds is 6. The van der Waals surface area contributed by atoms with E-state index < -0.39 is 50.2 Å². The van der Waals surface area contributed by atoms with Crippen molar-refractivity contribution in [2.45, 2.75) is 29.4 Å². The third kappa shape index (κ3) is 5.99. The van der Waals surface area contributed by atoms with Crippen LogP contribution in [0, 0.1) is 0 Å². The fourth-order valence-electron chi connectivity index (χ4n) is 4.95. The summed E-state index contributed by atoms with van der Waals surface area (Å²) in [5, 5.41) is 11.7. The number of hydrogen-bond donors (Lipinski definition) is 2.